The van der Waals surface area contributed by atoms with Crippen molar-refractivity contribution in [3.8, 4) is 0 Å². The van der Waals surface area contributed by atoms with Gasteiger partial charge in [0, 0.05) is 11.9 Å². The molecule has 0 aliphatic heterocycles. The van der Waals surface area contributed by atoms with Crippen molar-refractivity contribution in [1.29, 1.82) is 0 Å². The molecule has 2 atom stereocenters. The molecule has 0 bridgehead atoms. The number of amides is 1. The van der Waals surface area contributed by atoms with E-state index in [4.69, 9.17) is 23.2 Å². The molecule has 1 aliphatic rings. The van der Waals surface area contributed by atoms with E-state index in [0.29, 0.717) is 45.4 Å². The van der Waals surface area contributed by atoms with Gasteiger partial charge in [-0.2, -0.15) is 0 Å². The molecule has 2 N–H and O–H groups in total. The zero-order chi connectivity index (χ0) is 17.3. The van der Waals surface area contributed by atoms with Crippen LogP contribution in [0.15, 0.2) is 24.3 Å². The lowest BCUT2D eigenvalue weighted by molar-refractivity contribution is -0.0109. The highest BCUT2D eigenvalue weighted by atomic mass is 35.5. The predicted molar refractivity (Wildman–Crippen MR) is 96.7 cm³/mol. The molecule has 0 unspecified atom stereocenters. The summed E-state index contributed by atoms with van der Waals surface area (Å²) < 4.78 is 0. The molecular formula is C18H20Cl2N2O2. The Kier molecular flexibility index (Phi) is 5.00. The molecule has 0 saturated heterocycles. The molecule has 6 heteroatoms. The lowest BCUT2D eigenvalue weighted by Crippen LogP contribution is -2.45. The standard InChI is InChI=1S/C18H20Cl2N2O2/c1-11-3-2-8-18(24,9-11)10-21-17(23)16-12-4-7-15(20)22-14(12)6-5-13(16)19/h4-7,11,24H,2-3,8-10H2,1H3,(H,21,23)/t11-,18-/m1/s1. The van der Waals surface area contributed by atoms with Crippen LogP contribution in [0.3, 0.4) is 0 Å². The molecule has 2 aromatic rings. The molecule has 0 spiro atoms. The molecule has 1 fully saturated rings. The zero-order valence-electron chi connectivity index (χ0n) is 13.5. The van der Waals surface area contributed by atoms with Crippen LogP contribution in [0.5, 0.6) is 0 Å². The SMILES string of the molecule is C[C@@H]1CCC[C@](O)(CNC(=O)c2c(Cl)ccc3nc(Cl)ccc23)C1. The van der Waals surface area contributed by atoms with Gasteiger partial charge in [-0.3, -0.25) is 4.79 Å². The zero-order valence-corrected chi connectivity index (χ0v) is 15.0. The normalized spacial score (nSPS) is 24.1. The fraction of sp³-hybridized carbons (Fsp3) is 0.444. The molecule has 1 aliphatic carbocycles. The van der Waals surface area contributed by atoms with Crippen LogP contribution in [0.4, 0.5) is 0 Å². The van der Waals surface area contributed by atoms with Crippen LogP contribution in [0.25, 0.3) is 10.9 Å². The van der Waals surface area contributed by atoms with Crippen molar-refractivity contribution < 1.29 is 9.90 Å². The van der Waals surface area contributed by atoms with Gasteiger partial charge >= 0.3 is 0 Å². The second kappa shape index (κ2) is 6.87. The Morgan fingerprint density at radius 3 is 2.92 bits per heavy atom. The average molecular weight is 367 g/mol. The number of aliphatic hydroxyl groups is 1. The van der Waals surface area contributed by atoms with E-state index in [2.05, 4.69) is 17.2 Å². The van der Waals surface area contributed by atoms with Crippen LogP contribution in [0.1, 0.15) is 43.0 Å². The van der Waals surface area contributed by atoms with E-state index in [1.807, 2.05) is 0 Å². The molecule has 1 aromatic carbocycles. The monoisotopic (exact) mass is 366 g/mol. The minimum Gasteiger partial charge on any atom is -0.388 e. The van der Waals surface area contributed by atoms with E-state index in [1.165, 1.54) is 0 Å². The third-order valence-corrected chi connectivity index (χ3v) is 5.18. The maximum absolute atomic E-state index is 12.7. The Hall–Kier alpha value is -1.36. The highest BCUT2D eigenvalue weighted by Gasteiger charge is 2.33. The van der Waals surface area contributed by atoms with Gasteiger partial charge in [-0.15, -0.1) is 0 Å². The minimum absolute atomic E-state index is 0.226. The van der Waals surface area contributed by atoms with Gasteiger partial charge in [0.2, 0.25) is 0 Å². The number of benzene rings is 1. The van der Waals surface area contributed by atoms with Gasteiger partial charge in [0.15, 0.2) is 0 Å². The second-order valence-corrected chi connectivity index (χ2v) is 7.53. The smallest absolute Gasteiger partial charge is 0.253 e. The number of hydrogen-bond acceptors (Lipinski definition) is 3. The van der Waals surface area contributed by atoms with Gasteiger partial charge in [0.25, 0.3) is 5.91 Å². The Morgan fingerprint density at radius 2 is 2.17 bits per heavy atom. The van der Waals surface area contributed by atoms with Gasteiger partial charge in [0.1, 0.15) is 5.15 Å². The number of pyridine rings is 1. The third kappa shape index (κ3) is 3.66. The summed E-state index contributed by atoms with van der Waals surface area (Å²) in [6.07, 6.45) is 3.51. The largest absolute Gasteiger partial charge is 0.388 e. The summed E-state index contributed by atoms with van der Waals surface area (Å²) >= 11 is 12.1. The summed E-state index contributed by atoms with van der Waals surface area (Å²) in [4.78, 5) is 16.9. The van der Waals surface area contributed by atoms with Gasteiger partial charge in [-0.25, -0.2) is 4.98 Å². The first-order valence-electron chi connectivity index (χ1n) is 8.13. The summed E-state index contributed by atoms with van der Waals surface area (Å²) in [6, 6.07) is 6.74. The maximum atomic E-state index is 12.7. The van der Waals surface area contributed by atoms with E-state index >= 15 is 0 Å². The summed E-state index contributed by atoms with van der Waals surface area (Å²) in [6.45, 7) is 2.35. The van der Waals surface area contributed by atoms with Crippen LogP contribution < -0.4 is 5.32 Å². The topological polar surface area (TPSA) is 62.2 Å². The number of nitrogens with one attached hydrogen (secondary N) is 1. The maximum Gasteiger partial charge on any atom is 0.253 e. The number of rotatable bonds is 3. The van der Waals surface area contributed by atoms with Crippen molar-refractivity contribution in [2.24, 2.45) is 5.92 Å². The van der Waals surface area contributed by atoms with Crippen molar-refractivity contribution in [3.05, 3.63) is 40.0 Å². The fourth-order valence-electron chi connectivity index (χ4n) is 3.51. The third-order valence-electron chi connectivity index (χ3n) is 4.66. The van der Waals surface area contributed by atoms with Crippen molar-refractivity contribution >= 4 is 40.0 Å². The number of nitrogens with zero attached hydrogens (tertiary/aromatic N) is 1. The Labute approximate surface area is 151 Å². The van der Waals surface area contributed by atoms with Crippen molar-refractivity contribution in [1.82, 2.24) is 10.3 Å². The number of aromatic nitrogens is 1. The van der Waals surface area contributed by atoms with Crippen molar-refractivity contribution in [2.75, 3.05) is 6.54 Å². The highest BCUT2D eigenvalue weighted by molar-refractivity contribution is 6.36. The van der Waals surface area contributed by atoms with Crippen molar-refractivity contribution in [3.63, 3.8) is 0 Å². The van der Waals surface area contributed by atoms with E-state index < -0.39 is 5.60 Å². The van der Waals surface area contributed by atoms with Gasteiger partial charge in [-0.05, 0) is 43.0 Å². The van der Waals surface area contributed by atoms with Crippen LogP contribution in [-0.4, -0.2) is 28.1 Å². The predicted octanol–water partition coefficient (Wildman–Crippen LogP) is 4.21. The number of hydrogen-bond donors (Lipinski definition) is 2. The van der Waals surface area contributed by atoms with Gasteiger partial charge in [-0.1, -0.05) is 43.0 Å². The number of fused-ring (bicyclic) bond motifs is 1. The highest BCUT2D eigenvalue weighted by Crippen LogP contribution is 2.32. The van der Waals surface area contributed by atoms with Crippen LogP contribution in [0.2, 0.25) is 10.2 Å². The fourth-order valence-corrected chi connectivity index (χ4v) is 3.91. The Morgan fingerprint density at radius 1 is 1.38 bits per heavy atom. The molecule has 24 heavy (non-hydrogen) atoms. The first-order chi connectivity index (χ1) is 11.4. The number of carbonyl (C=O) groups is 1. The number of carbonyl (C=O) groups excluding carboxylic acids is 1. The quantitative estimate of drug-likeness (QED) is 0.799. The summed E-state index contributed by atoms with van der Waals surface area (Å²) in [5.41, 5.74) is 0.138. The Balaban J connectivity index is 1.82. The average Bonchev–Trinajstić information content (AvgIpc) is 2.52. The van der Waals surface area contributed by atoms with Gasteiger partial charge < -0.3 is 10.4 Å². The molecule has 1 aromatic heterocycles. The molecule has 4 nitrogen and oxygen atoms in total. The molecule has 1 amide bonds. The summed E-state index contributed by atoms with van der Waals surface area (Å²) in [5.74, 6) is 0.162. The van der Waals surface area contributed by atoms with Gasteiger partial charge in [0.05, 0.1) is 21.7 Å². The molecule has 3 rings (SSSR count). The van der Waals surface area contributed by atoms with Crippen LogP contribution in [-0.2, 0) is 0 Å². The molecule has 0 radical (unpaired) electrons. The molecule has 1 saturated carbocycles. The summed E-state index contributed by atoms with van der Waals surface area (Å²) in [5, 5.41) is 14.9. The number of halogens is 2. The molecule has 1 heterocycles. The van der Waals surface area contributed by atoms with Crippen LogP contribution in [0, 0.1) is 5.92 Å². The van der Waals surface area contributed by atoms with Crippen molar-refractivity contribution in [2.45, 2.75) is 38.2 Å². The first kappa shape index (κ1) is 17.5. The second-order valence-electron chi connectivity index (χ2n) is 6.73. The van der Waals surface area contributed by atoms with E-state index in [0.717, 1.165) is 12.8 Å². The minimum atomic E-state index is -0.841. The van der Waals surface area contributed by atoms with E-state index in [-0.39, 0.29) is 12.5 Å². The lowest BCUT2D eigenvalue weighted by Gasteiger charge is -2.35. The Bertz CT molecular complexity index is 781. The molecule has 128 valence electrons. The van der Waals surface area contributed by atoms with E-state index in [1.54, 1.807) is 24.3 Å². The first-order valence-corrected chi connectivity index (χ1v) is 8.89. The summed E-state index contributed by atoms with van der Waals surface area (Å²) in [7, 11) is 0. The van der Waals surface area contributed by atoms with E-state index in [9.17, 15) is 9.90 Å². The lowest BCUT2D eigenvalue weighted by atomic mass is 9.79. The molecular weight excluding hydrogens is 347 g/mol. The van der Waals surface area contributed by atoms with Crippen LogP contribution >= 0.6 is 23.2 Å².